The van der Waals surface area contributed by atoms with Gasteiger partial charge in [0.15, 0.2) is 0 Å². The molecule has 0 radical (unpaired) electrons. The molecule has 1 aromatic carbocycles. The lowest BCUT2D eigenvalue weighted by Crippen LogP contribution is -2.32. The van der Waals surface area contributed by atoms with E-state index < -0.39 is 12.0 Å². The van der Waals surface area contributed by atoms with E-state index in [2.05, 4.69) is 20.9 Å². The lowest BCUT2D eigenvalue weighted by atomic mass is 10.1. The molecule has 1 heterocycles. The predicted molar refractivity (Wildman–Crippen MR) is 65.3 cm³/mol. The summed E-state index contributed by atoms with van der Waals surface area (Å²) in [6.45, 7) is 0. The standard InChI is InChI=1S/C11H11BrN2O2/c12-7-1-2-10-6(3-7)4-8(14-10)5-9(13)11(15)16/h1-4,9,14H,5,13H2,(H,15,16). The molecule has 2 rings (SSSR count). The zero-order valence-electron chi connectivity index (χ0n) is 8.40. The largest absolute Gasteiger partial charge is 0.480 e. The van der Waals surface area contributed by atoms with Crippen LogP contribution in [0.2, 0.25) is 0 Å². The Hall–Kier alpha value is -1.33. The molecular weight excluding hydrogens is 272 g/mol. The monoisotopic (exact) mass is 282 g/mol. The van der Waals surface area contributed by atoms with Gasteiger partial charge in [0.05, 0.1) is 0 Å². The molecule has 4 nitrogen and oxygen atoms in total. The van der Waals surface area contributed by atoms with Crippen molar-refractivity contribution in [3.05, 3.63) is 34.4 Å². The second-order valence-electron chi connectivity index (χ2n) is 3.68. The molecule has 0 fully saturated rings. The van der Waals surface area contributed by atoms with Gasteiger partial charge in [0.2, 0.25) is 0 Å². The number of carboxylic acid groups (broad SMARTS) is 1. The summed E-state index contributed by atoms with van der Waals surface area (Å²) in [5.41, 5.74) is 7.29. The molecule has 0 bridgehead atoms. The van der Waals surface area contributed by atoms with E-state index in [1.54, 1.807) is 0 Å². The lowest BCUT2D eigenvalue weighted by molar-refractivity contribution is -0.138. The molecule has 84 valence electrons. The van der Waals surface area contributed by atoms with Crippen molar-refractivity contribution >= 4 is 32.8 Å². The molecule has 5 heteroatoms. The summed E-state index contributed by atoms with van der Waals surface area (Å²) in [5.74, 6) is -0.986. The molecular formula is C11H11BrN2O2. The maximum atomic E-state index is 10.6. The fourth-order valence-corrected chi connectivity index (χ4v) is 1.98. The molecule has 1 aromatic heterocycles. The summed E-state index contributed by atoms with van der Waals surface area (Å²) in [5, 5.41) is 9.76. The zero-order valence-corrected chi connectivity index (χ0v) is 9.99. The number of aromatic amines is 1. The predicted octanol–water partition coefficient (Wildman–Crippen LogP) is 1.88. The summed E-state index contributed by atoms with van der Waals surface area (Å²) in [7, 11) is 0. The van der Waals surface area contributed by atoms with Crippen LogP contribution in [0.3, 0.4) is 0 Å². The quantitative estimate of drug-likeness (QED) is 0.804. The van der Waals surface area contributed by atoms with Crippen LogP contribution in [0.5, 0.6) is 0 Å². The Morgan fingerprint density at radius 2 is 2.25 bits per heavy atom. The van der Waals surface area contributed by atoms with Gasteiger partial charge in [-0.3, -0.25) is 4.79 Å². The number of hydrogen-bond acceptors (Lipinski definition) is 2. The molecule has 0 saturated heterocycles. The number of aromatic nitrogens is 1. The number of carbonyl (C=O) groups is 1. The number of rotatable bonds is 3. The van der Waals surface area contributed by atoms with Gasteiger partial charge in [0.1, 0.15) is 6.04 Å². The summed E-state index contributed by atoms with van der Waals surface area (Å²) < 4.78 is 0.994. The van der Waals surface area contributed by atoms with E-state index >= 15 is 0 Å². The summed E-state index contributed by atoms with van der Waals surface area (Å²) in [6, 6.07) is 6.90. The molecule has 2 aromatic rings. The Morgan fingerprint density at radius 1 is 1.50 bits per heavy atom. The molecule has 0 saturated carbocycles. The number of hydrogen-bond donors (Lipinski definition) is 3. The topological polar surface area (TPSA) is 79.1 Å². The maximum Gasteiger partial charge on any atom is 0.320 e. The van der Waals surface area contributed by atoms with Gasteiger partial charge in [-0.1, -0.05) is 15.9 Å². The minimum absolute atomic E-state index is 0.307. The van der Waals surface area contributed by atoms with Crippen LogP contribution in [0.4, 0.5) is 0 Å². The first-order chi connectivity index (χ1) is 7.56. The van der Waals surface area contributed by atoms with Gasteiger partial charge in [0.25, 0.3) is 0 Å². The number of benzene rings is 1. The Bertz CT molecular complexity index is 536. The summed E-state index contributed by atoms with van der Waals surface area (Å²) in [4.78, 5) is 13.8. The van der Waals surface area contributed by atoms with Gasteiger partial charge in [-0.25, -0.2) is 0 Å². The zero-order chi connectivity index (χ0) is 11.7. The first-order valence-electron chi connectivity index (χ1n) is 4.82. The number of halogens is 1. The Balaban J connectivity index is 2.29. The van der Waals surface area contributed by atoms with E-state index in [-0.39, 0.29) is 0 Å². The molecule has 1 atom stereocenters. The van der Waals surface area contributed by atoms with Crippen LogP contribution in [0.25, 0.3) is 10.9 Å². The number of fused-ring (bicyclic) bond motifs is 1. The first-order valence-corrected chi connectivity index (χ1v) is 5.61. The number of nitrogens with two attached hydrogens (primary N) is 1. The normalized spacial score (nSPS) is 12.9. The Labute approximate surface area is 101 Å². The molecule has 0 aliphatic carbocycles. The first kappa shape index (κ1) is 11.2. The number of nitrogens with one attached hydrogen (secondary N) is 1. The molecule has 1 unspecified atom stereocenters. The van der Waals surface area contributed by atoms with Gasteiger partial charge < -0.3 is 15.8 Å². The molecule has 4 N–H and O–H groups in total. The van der Waals surface area contributed by atoms with Crippen molar-refractivity contribution in [2.75, 3.05) is 0 Å². The van der Waals surface area contributed by atoms with E-state index in [0.717, 1.165) is 21.1 Å². The average molecular weight is 283 g/mol. The maximum absolute atomic E-state index is 10.6. The smallest absolute Gasteiger partial charge is 0.320 e. The van der Waals surface area contributed by atoms with Crippen molar-refractivity contribution in [3.63, 3.8) is 0 Å². The fourth-order valence-electron chi connectivity index (χ4n) is 1.60. The van der Waals surface area contributed by atoms with E-state index in [1.165, 1.54) is 0 Å². The lowest BCUT2D eigenvalue weighted by Gasteiger charge is -2.02. The van der Waals surface area contributed by atoms with Crippen molar-refractivity contribution in [2.24, 2.45) is 5.73 Å². The van der Waals surface area contributed by atoms with E-state index in [9.17, 15) is 4.79 Å². The van der Waals surface area contributed by atoms with Gasteiger partial charge >= 0.3 is 5.97 Å². The molecule has 0 amide bonds. The van der Waals surface area contributed by atoms with Gasteiger partial charge in [-0.15, -0.1) is 0 Å². The van der Waals surface area contributed by atoms with Crippen LogP contribution in [0.15, 0.2) is 28.7 Å². The highest BCUT2D eigenvalue weighted by Crippen LogP contribution is 2.20. The molecule has 16 heavy (non-hydrogen) atoms. The van der Waals surface area contributed by atoms with Gasteiger partial charge in [0, 0.05) is 27.5 Å². The van der Waals surface area contributed by atoms with Crippen LogP contribution in [0.1, 0.15) is 5.69 Å². The Morgan fingerprint density at radius 3 is 2.94 bits per heavy atom. The van der Waals surface area contributed by atoms with Crippen molar-refractivity contribution < 1.29 is 9.90 Å². The van der Waals surface area contributed by atoms with Gasteiger partial charge in [-0.2, -0.15) is 0 Å². The molecule has 0 aliphatic rings. The van der Waals surface area contributed by atoms with E-state index in [4.69, 9.17) is 10.8 Å². The second kappa shape index (κ2) is 4.27. The third-order valence-corrected chi connectivity index (χ3v) is 2.89. The molecule has 0 aliphatic heterocycles. The van der Waals surface area contributed by atoms with Crippen molar-refractivity contribution in [2.45, 2.75) is 12.5 Å². The minimum atomic E-state index is -0.986. The fraction of sp³-hybridized carbons (Fsp3) is 0.182. The number of aliphatic carboxylic acids is 1. The van der Waals surface area contributed by atoms with Crippen molar-refractivity contribution in [1.82, 2.24) is 4.98 Å². The van der Waals surface area contributed by atoms with E-state index in [0.29, 0.717) is 6.42 Å². The summed E-state index contributed by atoms with van der Waals surface area (Å²) >= 11 is 3.38. The van der Waals surface area contributed by atoms with Crippen LogP contribution < -0.4 is 5.73 Å². The highest BCUT2D eigenvalue weighted by Gasteiger charge is 2.13. The second-order valence-corrected chi connectivity index (χ2v) is 4.59. The minimum Gasteiger partial charge on any atom is -0.480 e. The van der Waals surface area contributed by atoms with E-state index in [1.807, 2.05) is 24.3 Å². The third kappa shape index (κ3) is 2.25. The SMILES string of the molecule is NC(Cc1cc2cc(Br)ccc2[nH]1)C(=O)O. The highest BCUT2D eigenvalue weighted by molar-refractivity contribution is 9.10. The van der Waals surface area contributed by atoms with Crippen molar-refractivity contribution in [1.29, 1.82) is 0 Å². The van der Waals surface area contributed by atoms with Crippen LogP contribution in [0, 0.1) is 0 Å². The Kier molecular flexibility index (Phi) is 2.98. The van der Waals surface area contributed by atoms with Crippen LogP contribution in [-0.2, 0) is 11.2 Å². The molecule has 0 spiro atoms. The average Bonchev–Trinajstić information content (AvgIpc) is 2.58. The third-order valence-electron chi connectivity index (χ3n) is 2.40. The number of H-pyrrole nitrogens is 1. The highest BCUT2D eigenvalue weighted by atomic mass is 79.9. The van der Waals surface area contributed by atoms with Crippen LogP contribution >= 0.6 is 15.9 Å². The van der Waals surface area contributed by atoms with Crippen molar-refractivity contribution in [3.8, 4) is 0 Å². The van der Waals surface area contributed by atoms with Crippen LogP contribution in [-0.4, -0.2) is 22.1 Å². The van der Waals surface area contributed by atoms with Gasteiger partial charge in [-0.05, 0) is 24.3 Å². The number of carboxylic acids is 1. The summed E-state index contributed by atoms with van der Waals surface area (Å²) in [6.07, 6.45) is 0.307.